The van der Waals surface area contributed by atoms with E-state index in [1.54, 1.807) is 25.4 Å². The lowest BCUT2D eigenvalue weighted by atomic mass is 9.77. The van der Waals surface area contributed by atoms with Crippen LogP contribution in [0.5, 0.6) is 5.75 Å². The van der Waals surface area contributed by atoms with Crippen molar-refractivity contribution in [3.63, 3.8) is 0 Å². The fourth-order valence-corrected chi connectivity index (χ4v) is 4.52. The van der Waals surface area contributed by atoms with Gasteiger partial charge in [-0.25, -0.2) is 12.7 Å². The topological polar surface area (TPSA) is 88.6 Å². The molecular weight excluding hydrogens is 318 g/mol. The van der Waals surface area contributed by atoms with Gasteiger partial charge in [0.1, 0.15) is 5.75 Å². The molecule has 7 nitrogen and oxygen atoms in total. The van der Waals surface area contributed by atoms with Gasteiger partial charge in [-0.1, -0.05) is 0 Å². The molecule has 0 aliphatic carbocycles. The Balaban J connectivity index is 1.73. The lowest BCUT2D eigenvalue weighted by molar-refractivity contribution is -0.128. The first kappa shape index (κ1) is 16.2. The predicted octanol–water partition coefficient (Wildman–Crippen LogP) is 0.248. The van der Waals surface area contributed by atoms with Gasteiger partial charge in [-0.3, -0.25) is 9.78 Å². The minimum Gasteiger partial charge on any atom is -0.492 e. The molecule has 126 valence electrons. The summed E-state index contributed by atoms with van der Waals surface area (Å²) in [4.78, 5) is 16.4. The predicted molar refractivity (Wildman–Crippen MR) is 84.3 cm³/mol. The Morgan fingerprint density at radius 3 is 3.04 bits per heavy atom. The van der Waals surface area contributed by atoms with Crippen LogP contribution in [-0.2, 0) is 14.8 Å². The number of nitrogens with zero attached hydrogens (tertiary/aromatic N) is 2. The number of ether oxygens (including phenoxy) is 1. The first-order valence-electron chi connectivity index (χ1n) is 7.77. The van der Waals surface area contributed by atoms with Crippen LogP contribution in [0.15, 0.2) is 24.5 Å². The molecule has 23 heavy (non-hydrogen) atoms. The van der Waals surface area contributed by atoms with Crippen LogP contribution in [0, 0.1) is 11.3 Å². The monoisotopic (exact) mass is 339 g/mol. The summed E-state index contributed by atoms with van der Waals surface area (Å²) in [6, 6.07) is 3.60. The van der Waals surface area contributed by atoms with Crippen LogP contribution in [0.3, 0.4) is 0 Å². The number of rotatable bonds is 5. The molecule has 1 aromatic heterocycles. The summed E-state index contributed by atoms with van der Waals surface area (Å²) in [6.45, 7) is 3.14. The third-order valence-electron chi connectivity index (χ3n) is 4.85. The van der Waals surface area contributed by atoms with Gasteiger partial charge in [-0.15, -0.1) is 0 Å². The van der Waals surface area contributed by atoms with Gasteiger partial charge in [0.15, 0.2) is 0 Å². The molecule has 2 atom stereocenters. The molecule has 0 aromatic carbocycles. The molecule has 2 aliphatic heterocycles. The lowest BCUT2D eigenvalue weighted by Gasteiger charge is -2.27. The Morgan fingerprint density at radius 1 is 1.52 bits per heavy atom. The Hall–Kier alpha value is -1.67. The summed E-state index contributed by atoms with van der Waals surface area (Å²) in [5.41, 5.74) is -0.676. The zero-order chi connectivity index (χ0) is 16.5. The molecule has 0 radical (unpaired) electrons. The minimum absolute atomic E-state index is 0.0488. The third-order valence-corrected chi connectivity index (χ3v) is 6.68. The van der Waals surface area contributed by atoms with Gasteiger partial charge in [-0.05, 0) is 25.5 Å². The summed E-state index contributed by atoms with van der Waals surface area (Å²) in [5, 5.41) is 2.87. The molecule has 3 heterocycles. The van der Waals surface area contributed by atoms with Gasteiger partial charge < -0.3 is 10.1 Å². The molecule has 0 saturated carbocycles. The third kappa shape index (κ3) is 2.92. The van der Waals surface area contributed by atoms with E-state index in [1.165, 1.54) is 4.31 Å². The average Bonchev–Trinajstić information content (AvgIpc) is 3.14. The molecule has 3 rings (SSSR count). The van der Waals surface area contributed by atoms with Gasteiger partial charge in [0.05, 0.1) is 24.0 Å². The number of carbonyl (C=O) groups excluding carboxylic acids is 1. The molecule has 1 aromatic rings. The number of aromatic nitrogens is 1. The van der Waals surface area contributed by atoms with E-state index in [1.807, 2.05) is 6.07 Å². The van der Waals surface area contributed by atoms with Crippen LogP contribution in [-0.4, -0.2) is 55.6 Å². The Bertz CT molecular complexity index is 679. The normalized spacial score (nSPS) is 28.2. The van der Waals surface area contributed by atoms with Crippen molar-refractivity contribution in [3.05, 3.63) is 24.5 Å². The van der Waals surface area contributed by atoms with Crippen molar-refractivity contribution in [3.8, 4) is 5.75 Å². The average molecular weight is 339 g/mol. The number of amides is 1. The van der Waals surface area contributed by atoms with Crippen molar-refractivity contribution in [2.75, 3.05) is 32.0 Å². The van der Waals surface area contributed by atoms with E-state index < -0.39 is 15.4 Å². The summed E-state index contributed by atoms with van der Waals surface area (Å²) < 4.78 is 31.4. The van der Waals surface area contributed by atoms with Gasteiger partial charge in [0.25, 0.3) is 0 Å². The summed E-state index contributed by atoms with van der Waals surface area (Å²) >= 11 is 0. The van der Waals surface area contributed by atoms with Crippen LogP contribution >= 0.6 is 0 Å². The maximum absolute atomic E-state index is 12.4. The lowest BCUT2D eigenvalue weighted by Crippen LogP contribution is -2.41. The van der Waals surface area contributed by atoms with E-state index in [0.717, 1.165) is 0 Å². The molecule has 1 amide bonds. The van der Waals surface area contributed by atoms with Crippen molar-refractivity contribution in [2.24, 2.45) is 11.3 Å². The second-order valence-corrected chi connectivity index (χ2v) is 8.30. The van der Waals surface area contributed by atoms with Gasteiger partial charge >= 0.3 is 0 Å². The molecule has 0 unspecified atom stereocenters. The number of hydrogen-bond donors (Lipinski definition) is 1. The maximum Gasteiger partial charge on any atom is 0.228 e. The minimum atomic E-state index is -3.27. The zero-order valence-corrected chi connectivity index (χ0v) is 13.9. The van der Waals surface area contributed by atoms with Crippen LogP contribution in [0.1, 0.15) is 13.3 Å². The number of nitrogens with one attached hydrogen (secondary N) is 1. The molecule has 2 saturated heterocycles. The summed E-state index contributed by atoms with van der Waals surface area (Å²) in [7, 11) is -3.27. The molecule has 1 N–H and O–H groups in total. The Labute approximate surface area is 136 Å². The largest absolute Gasteiger partial charge is 0.492 e. The van der Waals surface area contributed by atoms with Crippen LogP contribution in [0.4, 0.5) is 0 Å². The van der Waals surface area contributed by atoms with Gasteiger partial charge in [0, 0.05) is 31.7 Å². The maximum atomic E-state index is 12.4. The van der Waals surface area contributed by atoms with E-state index in [0.29, 0.717) is 31.9 Å². The number of hydrogen-bond acceptors (Lipinski definition) is 5. The van der Waals surface area contributed by atoms with Crippen molar-refractivity contribution in [1.82, 2.24) is 14.6 Å². The van der Waals surface area contributed by atoms with Crippen molar-refractivity contribution in [1.29, 1.82) is 0 Å². The zero-order valence-electron chi connectivity index (χ0n) is 13.1. The fourth-order valence-electron chi connectivity index (χ4n) is 3.36. The van der Waals surface area contributed by atoms with Crippen LogP contribution in [0.25, 0.3) is 0 Å². The fraction of sp³-hybridized carbons (Fsp3) is 0.600. The molecule has 8 heteroatoms. The summed E-state index contributed by atoms with van der Waals surface area (Å²) in [6.07, 6.45) is 3.83. The smallest absolute Gasteiger partial charge is 0.228 e. The standard InChI is InChI=1S/C15H21N3O4S/c1-2-23(20,21)18-7-5-15(11-18)12(8-17-14(15)19)10-22-13-4-3-6-16-9-13/h3-4,6,9,12H,2,5,7-8,10-11H2,1H3,(H,17,19)/t12-,15-/m1/s1. The van der Waals surface area contributed by atoms with E-state index in [9.17, 15) is 13.2 Å². The van der Waals surface area contributed by atoms with Crippen molar-refractivity contribution in [2.45, 2.75) is 13.3 Å². The van der Waals surface area contributed by atoms with Crippen LogP contribution < -0.4 is 10.1 Å². The highest BCUT2D eigenvalue weighted by Gasteiger charge is 2.55. The SMILES string of the molecule is CCS(=O)(=O)N1CC[C@]2(C1)C(=O)NC[C@@H]2COc1cccnc1. The molecule has 2 aliphatic rings. The highest BCUT2D eigenvalue weighted by molar-refractivity contribution is 7.89. The van der Waals surface area contributed by atoms with E-state index in [-0.39, 0.29) is 24.1 Å². The molecule has 0 bridgehead atoms. The Morgan fingerprint density at radius 2 is 2.35 bits per heavy atom. The van der Waals surface area contributed by atoms with Gasteiger partial charge in [-0.2, -0.15) is 0 Å². The molecular formula is C15H21N3O4S. The Kier molecular flexibility index (Phi) is 4.29. The molecule has 2 fully saturated rings. The first-order chi connectivity index (χ1) is 11.0. The number of carbonyl (C=O) groups is 1. The van der Waals surface area contributed by atoms with E-state index in [4.69, 9.17) is 4.74 Å². The van der Waals surface area contributed by atoms with Crippen molar-refractivity contribution >= 4 is 15.9 Å². The highest BCUT2D eigenvalue weighted by atomic mass is 32.2. The van der Waals surface area contributed by atoms with Gasteiger partial charge in [0.2, 0.25) is 15.9 Å². The highest BCUT2D eigenvalue weighted by Crippen LogP contribution is 2.42. The van der Waals surface area contributed by atoms with Crippen molar-refractivity contribution < 1.29 is 17.9 Å². The second-order valence-electron chi connectivity index (χ2n) is 6.05. The van der Waals surface area contributed by atoms with E-state index in [2.05, 4.69) is 10.3 Å². The number of sulfonamides is 1. The molecule has 1 spiro atoms. The number of pyridine rings is 1. The van der Waals surface area contributed by atoms with Crippen LogP contribution in [0.2, 0.25) is 0 Å². The second kappa shape index (κ2) is 6.09. The summed E-state index contributed by atoms with van der Waals surface area (Å²) in [5.74, 6) is 0.595. The van der Waals surface area contributed by atoms with E-state index >= 15 is 0 Å². The quantitative estimate of drug-likeness (QED) is 0.831. The first-order valence-corrected chi connectivity index (χ1v) is 9.38.